The first-order valence-electron chi connectivity index (χ1n) is 8.53. The second kappa shape index (κ2) is 7.65. The second-order valence-electron chi connectivity index (χ2n) is 6.94. The van der Waals surface area contributed by atoms with E-state index in [0.717, 1.165) is 23.4 Å². The van der Waals surface area contributed by atoms with Crippen molar-refractivity contribution in [1.82, 2.24) is 5.32 Å². The molecule has 1 aromatic rings. The number of benzene rings is 1. The zero-order valence-electron chi connectivity index (χ0n) is 14.0. The van der Waals surface area contributed by atoms with Crippen LogP contribution in [0, 0.1) is 24.7 Å². The Labute approximate surface area is 135 Å². The summed E-state index contributed by atoms with van der Waals surface area (Å²) in [6.07, 6.45) is 5.14. The predicted molar refractivity (Wildman–Crippen MR) is 92.9 cm³/mol. The summed E-state index contributed by atoms with van der Waals surface area (Å²) in [6.45, 7) is 10.2. The second-order valence-corrected chi connectivity index (χ2v) is 7.32. The van der Waals surface area contributed by atoms with E-state index in [1.807, 2.05) is 0 Å². The first kappa shape index (κ1) is 16.8. The number of nitrogens with one attached hydrogen (secondary N) is 1. The third-order valence-corrected chi connectivity index (χ3v) is 5.80. The normalized spacial score (nSPS) is 27.6. The van der Waals surface area contributed by atoms with Crippen molar-refractivity contribution >= 4 is 11.6 Å². The minimum Gasteiger partial charge on any atom is -0.310 e. The Morgan fingerprint density at radius 3 is 2.67 bits per heavy atom. The highest BCUT2D eigenvalue weighted by molar-refractivity contribution is 6.32. The maximum absolute atomic E-state index is 6.61. The lowest BCUT2D eigenvalue weighted by atomic mass is 9.72. The maximum atomic E-state index is 6.61. The van der Waals surface area contributed by atoms with Gasteiger partial charge in [0.05, 0.1) is 0 Å². The van der Waals surface area contributed by atoms with Crippen molar-refractivity contribution in [2.45, 2.75) is 59.4 Å². The number of rotatable bonds is 5. The van der Waals surface area contributed by atoms with Gasteiger partial charge >= 0.3 is 0 Å². The average Bonchev–Trinajstić information content (AvgIpc) is 2.47. The van der Waals surface area contributed by atoms with Gasteiger partial charge in [0.2, 0.25) is 0 Å². The number of hydrogen-bond donors (Lipinski definition) is 1. The summed E-state index contributed by atoms with van der Waals surface area (Å²) >= 11 is 6.61. The quantitative estimate of drug-likeness (QED) is 0.729. The molecule has 0 heterocycles. The molecule has 0 bridgehead atoms. The van der Waals surface area contributed by atoms with E-state index in [1.165, 1.54) is 36.8 Å². The molecule has 0 saturated heterocycles. The van der Waals surface area contributed by atoms with Gasteiger partial charge in [0, 0.05) is 11.1 Å². The molecule has 1 aliphatic rings. The highest BCUT2D eigenvalue weighted by atomic mass is 35.5. The van der Waals surface area contributed by atoms with Gasteiger partial charge in [0.25, 0.3) is 0 Å². The van der Waals surface area contributed by atoms with E-state index in [1.54, 1.807) is 0 Å². The molecule has 1 nitrogen and oxygen atoms in total. The Morgan fingerprint density at radius 1 is 1.24 bits per heavy atom. The molecular weight excluding hydrogens is 278 g/mol. The van der Waals surface area contributed by atoms with Gasteiger partial charge in [-0.2, -0.15) is 0 Å². The van der Waals surface area contributed by atoms with Crippen molar-refractivity contribution in [2.75, 3.05) is 6.54 Å². The van der Waals surface area contributed by atoms with Crippen LogP contribution in [0.4, 0.5) is 0 Å². The molecular formula is C19H30ClN. The summed E-state index contributed by atoms with van der Waals surface area (Å²) in [7, 11) is 0. The molecule has 1 fully saturated rings. The van der Waals surface area contributed by atoms with Crippen LogP contribution in [0.3, 0.4) is 0 Å². The molecule has 0 aromatic heterocycles. The summed E-state index contributed by atoms with van der Waals surface area (Å²) in [4.78, 5) is 0. The molecule has 1 N–H and O–H groups in total. The van der Waals surface area contributed by atoms with Crippen LogP contribution in [0.15, 0.2) is 18.2 Å². The van der Waals surface area contributed by atoms with Crippen molar-refractivity contribution in [3.63, 3.8) is 0 Å². The van der Waals surface area contributed by atoms with Crippen LogP contribution in [-0.4, -0.2) is 6.54 Å². The van der Waals surface area contributed by atoms with Gasteiger partial charge in [-0.3, -0.25) is 0 Å². The SMILES string of the molecule is CCCNC(c1cccc(C)c1Cl)C1CCC(C)C(C)C1. The largest absolute Gasteiger partial charge is 0.310 e. The van der Waals surface area contributed by atoms with Crippen molar-refractivity contribution < 1.29 is 0 Å². The molecule has 2 rings (SSSR count). The zero-order chi connectivity index (χ0) is 15.4. The van der Waals surface area contributed by atoms with E-state index in [0.29, 0.717) is 12.0 Å². The Morgan fingerprint density at radius 2 is 2.00 bits per heavy atom. The third-order valence-electron chi connectivity index (χ3n) is 5.28. The molecule has 4 atom stereocenters. The Bertz CT molecular complexity index is 457. The molecule has 2 heteroatoms. The topological polar surface area (TPSA) is 12.0 Å². The van der Waals surface area contributed by atoms with Gasteiger partial charge in [-0.25, -0.2) is 0 Å². The summed E-state index contributed by atoms with van der Waals surface area (Å²) in [6, 6.07) is 6.87. The van der Waals surface area contributed by atoms with Crippen LogP contribution >= 0.6 is 11.6 Å². The van der Waals surface area contributed by atoms with E-state index >= 15 is 0 Å². The van der Waals surface area contributed by atoms with Gasteiger partial charge in [-0.05, 0) is 61.6 Å². The summed E-state index contributed by atoms with van der Waals surface area (Å²) in [5, 5.41) is 4.73. The van der Waals surface area contributed by atoms with Crippen molar-refractivity contribution in [3.05, 3.63) is 34.3 Å². The van der Waals surface area contributed by atoms with Gasteiger partial charge < -0.3 is 5.32 Å². The fourth-order valence-corrected chi connectivity index (χ4v) is 3.88. The fourth-order valence-electron chi connectivity index (χ4n) is 3.63. The molecule has 0 radical (unpaired) electrons. The van der Waals surface area contributed by atoms with E-state index in [-0.39, 0.29) is 0 Å². The minimum atomic E-state index is 0.410. The highest BCUT2D eigenvalue weighted by Crippen LogP contribution is 2.41. The van der Waals surface area contributed by atoms with E-state index in [4.69, 9.17) is 11.6 Å². The Hall–Kier alpha value is -0.530. The molecule has 1 saturated carbocycles. The maximum Gasteiger partial charge on any atom is 0.0483 e. The average molecular weight is 308 g/mol. The lowest BCUT2D eigenvalue weighted by Gasteiger charge is -2.38. The summed E-state index contributed by atoms with van der Waals surface area (Å²) in [5.41, 5.74) is 2.49. The number of halogens is 1. The highest BCUT2D eigenvalue weighted by Gasteiger charge is 2.31. The van der Waals surface area contributed by atoms with E-state index < -0.39 is 0 Å². The van der Waals surface area contributed by atoms with Crippen LogP contribution in [0.5, 0.6) is 0 Å². The molecule has 0 amide bonds. The number of aryl methyl sites for hydroxylation is 1. The molecule has 1 aliphatic carbocycles. The lowest BCUT2D eigenvalue weighted by Crippen LogP contribution is -2.34. The monoisotopic (exact) mass is 307 g/mol. The van der Waals surface area contributed by atoms with Gasteiger partial charge in [-0.1, -0.05) is 57.0 Å². The standard InChI is InChI=1S/C19H30ClN/c1-5-11-21-19(16-10-9-13(2)15(4)12-16)17-8-6-7-14(3)18(17)20/h6-8,13,15-16,19,21H,5,9-12H2,1-4H3. The molecule has 1 aromatic carbocycles. The Kier molecular flexibility index (Phi) is 6.13. The van der Waals surface area contributed by atoms with Crippen LogP contribution in [0.1, 0.15) is 63.6 Å². The lowest BCUT2D eigenvalue weighted by molar-refractivity contribution is 0.171. The van der Waals surface area contributed by atoms with E-state index in [9.17, 15) is 0 Å². The third kappa shape index (κ3) is 4.02. The van der Waals surface area contributed by atoms with Crippen LogP contribution in [0.25, 0.3) is 0 Å². The Balaban J connectivity index is 2.23. The smallest absolute Gasteiger partial charge is 0.0483 e. The number of hydrogen-bond acceptors (Lipinski definition) is 1. The van der Waals surface area contributed by atoms with Crippen LogP contribution < -0.4 is 5.32 Å². The van der Waals surface area contributed by atoms with E-state index in [2.05, 4.69) is 51.2 Å². The molecule has 4 unspecified atom stereocenters. The molecule has 118 valence electrons. The van der Waals surface area contributed by atoms with Crippen LogP contribution in [0.2, 0.25) is 5.02 Å². The van der Waals surface area contributed by atoms with Gasteiger partial charge in [0.15, 0.2) is 0 Å². The van der Waals surface area contributed by atoms with Crippen molar-refractivity contribution in [1.29, 1.82) is 0 Å². The first-order valence-corrected chi connectivity index (χ1v) is 8.90. The van der Waals surface area contributed by atoms with Gasteiger partial charge in [-0.15, -0.1) is 0 Å². The minimum absolute atomic E-state index is 0.410. The van der Waals surface area contributed by atoms with Gasteiger partial charge in [0.1, 0.15) is 0 Å². The van der Waals surface area contributed by atoms with Crippen LogP contribution in [-0.2, 0) is 0 Å². The van der Waals surface area contributed by atoms with Crippen molar-refractivity contribution in [3.8, 4) is 0 Å². The zero-order valence-corrected chi connectivity index (χ0v) is 14.7. The molecule has 21 heavy (non-hydrogen) atoms. The van der Waals surface area contributed by atoms with Crippen molar-refractivity contribution in [2.24, 2.45) is 17.8 Å². The summed E-state index contributed by atoms with van der Waals surface area (Å²) in [5.74, 6) is 2.39. The first-order chi connectivity index (χ1) is 10.0. The molecule has 0 aliphatic heterocycles. The fraction of sp³-hybridized carbons (Fsp3) is 0.684. The predicted octanol–water partition coefficient (Wildman–Crippen LogP) is 5.76. The molecule has 0 spiro atoms. The summed E-state index contributed by atoms with van der Waals surface area (Å²) < 4.78 is 0.